The Bertz CT molecular complexity index is 1700. The van der Waals surface area contributed by atoms with Gasteiger partial charge in [-0.05, 0) is 30.3 Å². The van der Waals surface area contributed by atoms with E-state index in [9.17, 15) is 9.90 Å². The van der Waals surface area contributed by atoms with Gasteiger partial charge in [0, 0.05) is 21.8 Å². The molecule has 4 aromatic rings. The number of carboxylic acids is 1. The molecule has 0 radical (unpaired) electrons. The third-order valence-corrected chi connectivity index (χ3v) is 8.46. The van der Waals surface area contributed by atoms with Gasteiger partial charge < -0.3 is 14.6 Å². The Morgan fingerprint density at radius 2 is 1.17 bits per heavy atom. The van der Waals surface area contributed by atoms with Crippen LogP contribution in [0.2, 0.25) is 0 Å². The van der Waals surface area contributed by atoms with Crippen molar-refractivity contribution in [3.63, 3.8) is 0 Å². The summed E-state index contributed by atoms with van der Waals surface area (Å²) in [5, 5.41) is 10.2. The number of carbonyl (C=O) groups is 1. The third-order valence-electron chi connectivity index (χ3n) is 5.83. The molecule has 0 aliphatic heterocycles. The number of hydrogen-bond donors (Lipinski definition) is 1. The quantitative estimate of drug-likeness (QED) is 0.128. The third kappa shape index (κ3) is 9.34. The normalized spacial score (nSPS) is 12.9. The first-order valence-electron chi connectivity index (χ1n) is 12.3. The average Bonchev–Trinajstić information content (AvgIpc) is 2.99. The number of methoxy groups -OCH3 is 2. The summed E-state index contributed by atoms with van der Waals surface area (Å²) in [4.78, 5) is 38.3. The van der Waals surface area contributed by atoms with E-state index < -0.39 is 23.3 Å². The van der Waals surface area contributed by atoms with Crippen LogP contribution < -0.4 is 9.47 Å². The minimum Gasteiger partial charge on any atom is -0.493 e. The molecule has 0 aliphatic carbocycles. The summed E-state index contributed by atoms with van der Waals surface area (Å²) >= 11 is 55.3. The molecule has 0 amide bonds. The van der Waals surface area contributed by atoms with E-state index >= 15 is 0 Å². The SMILES string of the molecule is COc1ccc(-c2nc(C(CSc3ccc(-c4nc(C(Cl)(Cl)Cl)nc(C(Cl)(Cl)Cl)n4)cc3)C(=O)O)nc(C(Cl)(Cl)Cl)n2)cc1OC. The molecule has 0 saturated heterocycles. The van der Waals surface area contributed by atoms with Crippen LogP contribution >= 0.6 is 116 Å². The largest absolute Gasteiger partial charge is 0.493 e. The van der Waals surface area contributed by atoms with Crippen LogP contribution in [0.5, 0.6) is 11.5 Å². The Morgan fingerprint density at radius 1 is 0.696 bits per heavy atom. The first-order chi connectivity index (χ1) is 21.4. The van der Waals surface area contributed by atoms with Crippen molar-refractivity contribution in [2.75, 3.05) is 20.0 Å². The fourth-order valence-corrected chi connectivity index (χ4v) is 5.41. The van der Waals surface area contributed by atoms with Crippen LogP contribution in [0.4, 0.5) is 0 Å². The zero-order valence-electron chi connectivity index (χ0n) is 23.0. The summed E-state index contributed by atoms with van der Waals surface area (Å²) in [5.74, 6) is -2.35. The summed E-state index contributed by atoms with van der Waals surface area (Å²) in [7, 11) is 2.95. The van der Waals surface area contributed by atoms with Gasteiger partial charge in [-0.3, -0.25) is 4.79 Å². The number of aliphatic carboxylic acids is 1. The number of hydrogen-bond acceptors (Lipinski definition) is 10. The van der Waals surface area contributed by atoms with Crippen LogP contribution in [0, 0.1) is 0 Å². The van der Waals surface area contributed by atoms with Gasteiger partial charge in [-0.15, -0.1) is 11.8 Å². The number of rotatable bonds is 9. The molecule has 2 aromatic carbocycles. The summed E-state index contributed by atoms with van der Waals surface area (Å²) in [6.07, 6.45) is 0. The Hall–Kier alpha value is -1.51. The van der Waals surface area contributed by atoms with Gasteiger partial charge in [0.05, 0.1) is 14.2 Å². The van der Waals surface area contributed by atoms with Crippen molar-refractivity contribution in [2.45, 2.75) is 22.2 Å². The minimum absolute atomic E-state index is 0.00998. The van der Waals surface area contributed by atoms with Crippen LogP contribution in [0.1, 0.15) is 29.2 Å². The number of thioether (sulfide) groups is 1. The lowest BCUT2D eigenvalue weighted by Gasteiger charge is -2.17. The lowest BCUT2D eigenvalue weighted by atomic mass is 10.1. The van der Waals surface area contributed by atoms with Crippen LogP contribution in [-0.2, 0) is 16.2 Å². The predicted molar refractivity (Wildman–Crippen MR) is 182 cm³/mol. The second kappa shape index (κ2) is 14.9. The van der Waals surface area contributed by atoms with E-state index in [0.717, 1.165) is 0 Å². The molecule has 0 spiro atoms. The van der Waals surface area contributed by atoms with Gasteiger partial charge in [-0.2, -0.15) is 0 Å². The summed E-state index contributed by atoms with van der Waals surface area (Å²) in [6, 6.07) is 11.6. The molecule has 20 heteroatoms. The van der Waals surface area contributed by atoms with Crippen LogP contribution in [0.15, 0.2) is 47.4 Å². The molecule has 0 aliphatic rings. The van der Waals surface area contributed by atoms with Crippen LogP contribution in [-0.4, -0.2) is 61.0 Å². The summed E-state index contributed by atoms with van der Waals surface area (Å²) in [5.41, 5.74) is 0.912. The van der Waals surface area contributed by atoms with Gasteiger partial charge in [0.25, 0.3) is 0 Å². The topological polar surface area (TPSA) is 133 Å². The maximum absolute atomic E-state index is 12.4. The standard InChI is InChI=1S/C26H17Cl9N6O4S/c1-44-15-8-5-12(9-16(15)45-2)18-36-19(40-21(39-18)24(27,28)29)14(20(42)43)10-46-13-6-3-11(4-7-13)17-37-22(25(30,31)32)41-23(38-17)26(33,34)35/h3-9,14H,10H2,1-2H3,(H,42,43). The van der Waals surface area contributed by atoms with Gasteiger partial charge in [0.2, 0.25) is 11.4 Å². The van der Waals surface area contributed by atoms with Crippen molar-refractivity contribution in [3.05, 3.63) is 65.8 Å². The maximum Gasteiger partial charge on any atom is 0.315 e. The summed E-state index contributed by atoms with van der Waals surface area (Å²) < 4.78 is 4.53. The van der Waals surface area contributed by atoms with E-state index in [1.165, 1.54) is 26.0 Å². The van der Waals surface area contributed by atoms with Crippen molar-refractivity contribution in [2.24, 2.45) is 0 Å². The van der Waals surface area contributed by atoms with E-state index in [1.807, 2.05) is 0 Å². The number of benzene rings is 2. The van der Waals surface area contributed by atoms with Crippen molar-refractivity contribution in [1.29, 1.82) is 0 Å². The maximum atomic E-state index is 12.4. The molecule has 1 atom stereocenters. The van der Waals surface area contributed by atoms with Crippen molar-refractivity contribution in [1.82, 2.24) is 29.9 Å². The van der Waals surface area contributed by atoms with Gasteiger partial charge in [0.1, 0.15) is 11.7 Å². The van der Waals surface area contributed by atoms with Crippen molar-refractivity contribution >= 4 is 122 Å². The number of nitrogens with zero attached hydrogens (tertiary/aromatic N) is 6. The highest BCUT2D eigenvalue weighted by molar-refractivity contribution is 7.99. The molecule has 10 nitrogen and oxygen atoms in total. The molecule has 2 heterocycles. The first kappa shape index (κ1) is 37.3. The molecule has 244 valence electrons. The Kier molecular flexibility index (Phi) is 12.1. The smallest absolute Gasteiger partial charge is 0.315 e. The van der Waals surface area contributed by atoms with E-state index in [0.29, 0.717) is 27.5 Å². The van der Waals surface area contributed by atoms with Gasteiger partial charge in [-0.25, -0.2) is 29.9 Å². The number of ether oxygens (including phenoxy) is 2. The monoisotopic (exact) mass is 824 g/mol. The molecule has 4 rings (SSSR count). The number of carboxylic acid groups (broad SMARTS) is 1. The lowest BCUT2D eigenvalue weighted by molar-refractivity contribution is -0.138. The fraction of sp³-hybridized carbons (Fsp3) is 0.269. The van der Waals surface area contributed by atoms with Crippen molar-refractivity contribution in [3.8, 4) is 34.3 Å². The molecule has 0 saturated carbocycles. The molecule has 0 bridgehead atoms. The second-order valence-corrected chi connectivity index (χ2v) is 16.9. The van der Waals surface area contributed by atoms with Crippen LogP contribution in [0.25, 0.3) is 22.8 Å². The van der Waals surface area contributed by atoms with Gasteiger partial charge in [-0.1, -0.05) is 117 Å². The number of halogens is 9. The minimum atomic E-state index is -2.07. The molecular formula is C26H17Cl9N6O4S. The predicted octanol–water partition coefficient (Wildman–Crippen LogP) is 8.85. The highest BCUT2D eigenvalue weighted by Gasteiger charge is 2.35. The molecule has 46 heavy (non-hydrogen) atoms. The highest BCUT2D eigenvalue weighted by atomic mass is 35.6. The molecular weight excluding hydrogens is 811 g/mol. The summed E-state index contributed by atoms with van der Waals surface area (Å²) in [6.45, 7) is 0. The molecule has 1 N–H and O–H groups in total. The van der Waals surface area contributed by atoms with Gasteiger partial charge in [0.15, 0.2) is 40.6 Å². The van der Waals surface area contributed by atoms with E-state index in [2.05, 4.69) is 29.9 Å². The zero-order valence-corrected chi connectivity index (χ0v) is 30.6. The first-order valence-corrected chi connectivity index (χ1v) is 16.7. The number of aromatic nitrogens is 6. The Balaban J connectivity index is 1.64. The average molecular weight is 829 g/mol. The Labute approximate surface area is 311 Å². The second-order valence-electron chi connectivity index (χ2n) is 8.94. The van der Waals surface area contributed by atoms with Gasteiger partial charge >= 0.3 is 5.97 Å². The fourth-order valence-electron chi connectivity index (χ4n) is 3.67. The lowest BCUT2D eigenvalue weighted by Crippen LogP contribution is -2.21. The van der Waals surface area contributed by atoms with Crippen LogP contribution in [0.3, 0.4) is 0 Å². The zero-order chi connectivity index (χ0) is 34.0. The molecule has 2 aromatic heterocycles. The molecule has 0 fully saturated rings. The van der Waals surface area contributed by atoms with E-state index in [-0.39, 0.29) is 40.7 Å². The highest BCUT2D eigenvalue weighted by Crippen LogP contribution is 2.41. The van der Waals surface area contributed by atoms with E-state index in [1.54, 1.807) is 42.5 Å². The molecule has 1 unspecified atom stereocenters. The number of alkyl halides is 9. The van der Waals surface area contributed by atoms with E-state index in [4.69, 9.17) is 114 Å². The Morgan fingerprint density at radius 3 is 1.65 bits per heavy atom. The van der Waals surface area contributed by atoms with Crippen molar-refractivity contribution < 1.29 is 19.4 Å².